The Hall–Kier alpha value is -2.72. The molecule has 0 aliphatic heterocycles. The first-order valence-electron chi connectivity index (χ1n) is 11.2. The number of nitro benzene ring substituents is 2. The molecular formula is C23H24BBr3N2O10. The molecule has 2 aromatic carbocycles. The molecule has 2 aliphatic carbocycles. The van der Waals surface area contributed by atoms with E-state index >= 15 is 0 Å². The number of carbonyl (C=O) groups is 2. The van der Waals surface area contributed by atoms with Crippen LogP contribution >= 0.6 is 47.3 Å². The van der Waals surface area contributed by atoms with Crippen LogP contribution in [0.1, 0.15) is 36.8 Å². The summed E-state index contributed by atoms with van der Waals surface area (Å²) in [6, 6.07) is 8.57. The van der Waals surface area contributed by atoms with Crippen LogP contribution in [0.15, 0.2) is 36.4 Å². The highest BCUT2D eigenvalue weighted by molar-refractivity contribution is 9.69. The van der Waals surface area contributed by atoms with Crippen LogP contribution < -0.4 is 4.74 Å². The van der Waals surface area contributed by atoms with Crippen molar-refractivity contribution in [2.24, 2.45) is 0 Å². The lowest BCUT2D eigenvalue weighted by molar-refractivity contribution is -0.386. The van der Waals surface area contributed by atoms with E-state index in [0.29, 0.717) is 36.8 Å². The molecule has 2 aliphatic rings. The molecule has 1 N–H and O–H groups in total. The van der Waals surface area contributed by atoms with Gasteiger partial charge in [0, 0.05) is 12.1 Å². The fraction of sp³-hybridized carbons (Fsp3) is 0.391. The maximum Gasteiger partial charge on any atom is 0.369 e. The van der Waals surface area contributed by atoms with Crippen LogP contribution in [0.4, 0.5) is 11.4 Å². The minimum absolute atomic E-state index is 0.134. The number of phenols is 1. The number of phenolic OH excluding ortho intramolecular Hbond substituents is 1. The van der Waals surface area contributed by atoms with E-state index in [1.807, 2.05) is 0 Å². The van der Waals surface area contributed by atoms with Gasteiger partial charge in [-0.3, -0.25) is 29.8 Å². The van der Waals surface area contributed by atoms with Crippen LogP contribution in [-0.4, -0.2) is 51.4 Å². The maximum atomic E-state index is 11.7. The van der Waals surface area contributed by atoms with Gasteiger partial charge in [-0.2, -0.15) is 0 Å². The zero-order valence-electron chi connectivity index (χ0n) is 21.0. The van der Waals surface area contributed by atoms with Crippen LogP contribution in [0.2, 0.25) is 0 Å². The summed E-state index contributed by atoms with van der Waals surface area (Å²) in [6.45, 7) is 0. The summed E-state index contributed by atoms with van der Waals surface area (Å²) in [6.07, 6.45) is 2.54. The third-order valence-corrected chi connectivity index (χ3v) is 6.31. The van der Waals surface area contributed by atoms with Gasteiger partial charge in [0.2, 0.25) is 0 Å². The minimum atomic E-state index is -0.757. The van der Waals surface area contributed by atoms with E-state index in [0.717, 1.165) is 0 Å². The molecule has 0 bridgehead atoms. The fourth-order valence-corrected chi connectivity index (χ4v) is 3.96. The lowest BCUT2D eigenvalue weighted by atomic mass is 9.95. The third-order valence-electron chi connectivity index (χ3n) is 6.31. The Morgan fingerprint density at radius 3 is 1.54 bits per heavy atom. The number of hydrogen-bond acceptors (Lipinski definition) is 10. The number of aromatic hydroxyl groups is 1. The number of halogens is 3. The van der Waals surface area contributed by atoms with Crippen molar-refractivity contribution in [3.05, 3.63) is 67.8 Å². The Morgan fingerprint density at radius 1 is 0.821 bits per heavy atom. The van der Waals surface area contributed by atoms with Crippen LogP contribution in [0.25, 0.3) is 0 Å². The second-order valence-electron chi connectivity index (χ2n) is 8.50. The first-order chi connectivity index (χ1) is 18.3. The molecule has 210 valence electrons. The van der Waals surface area contributed by atoms with Gasteiger partial charge in [0.1, 0.15) is 0 Å². The van der Waals surface area contributed by atoms with Crippen LogP contribution in [0.5, 0.6) is 11.5 Å². The van der Waals surface area contributed by atoms with E-state index in [-0.39, 0.29) is 20.6 Å². The molecule has 12 nitrogen and oxygen atoms in total. The summed E-state index contributed by atoms with van der Waals surface area (Å²) in [5.74, 6) is -0.955. The van der Waals surface area contributed by atoms with E-state index in [9.17, 15) is 34.9 Å². The highest BCUT2D eigenvalue weighted by Gasteiger charge is 2.54. The molecule has 0 spiro atoms. The van der Waals surface area contributed by atoms with Crippen LogP contribution in [-0.2, 0) is 29.9 Å². The SMILES string of the molecule is BrB(Br)Br.COC(=O)C1(c2ccc(O)c([N+](=O)[O-])c2)CC1.COC(=O)C1(c2ccc(OC)c([N+](=O)[O-])c2)CC1. The lowest BCUT2D eigenvalue weighted by Gasteiger charge is -2.13. The van der Waals surface area contributed by atoms with Crippen molar-refractivity contribution in [3.63, 3.8) is 0 Å². The Morgan fingerprint density at radius 2 is 1.21 bits per heavy atom. The highest BCUT2D eigenvalue weighted by Crippen LogP contribution is 2.51. The van der Waals surface area contributed by atoms with Crippen molar-refractivity contribution in [2.75, 3.05) is 21.3 Å². The quantitative estimate of drug-likeness (QED) is 0.167. The number of carbonyl (C=O) groups excluding carboxylic acids is 2. The molecule has 0 saturated heterocycles. The normalized spacial score (nSPS) is 15.1. The smallest absolute Gasteiger partial charge is 0.369 e. The number of nitrogens with zero attached hydrogens (tertiary/aromatic N) is 2. The third kappa shape index (κ3) is 7.69. The average molecular weight is 739 g/mol. The molecular weight excluding hydrogens is 715 g/mol. The van der Waals surface area contributed by atoms with Gasteiger partial charge in [0.15, 0.2) is 11.5 Å². The molecule has 16 heteroatoms. The second-order valence-corrected chi connectivity index (χ2v) is 14.9. The van der Waals surface area contributed by atoms with Gasteiger partial charge in [-0.05, 0) is 48.9 Å². The summed E-state index contributed by atoms with van der Waals surface area (Å²) in [4.78, 5) is 43.7. The number of hydrogen-bond donors (Lipinski definition) is 1. The van der Waals surface area contributed by atoms with E-state index in [4.69, 9.17) is 14.2 Å². The molecule has 0 amide bonds. The maximum absolute atomic E-state index is 11.7. The van der Waals surface area contributed by atoms with E-state index in [1.165, 1.54) is 51.7 Å². The minimum Gasteiger partial charge on any atom is -0.502 e. The molecule has 39 heavy (non-hydrogen) atoms. The van der Waals surface area contributed by atoms with Gasteiger partial charge in [0.25, 0.3) is 0 Å². The summed E-state index contributed by atoms with van der Waals surface area (Å²) in [7, 11) is 3.98. The van der Waals surface area contributed by atoms with Gasteiger partial charge < -0.3 is 19.3 Å². The number of esters is 2. The molecule has 0 aromatic heterocycles. The van der Waals surface area contributed by atoms with Crippen molar-refractivity contribution in [1.29, 1.82) is 0 Å². The van der Waals surface area contributed by atoms with Crippen LogP contribution in [0, 0.1) is 20.2 Å². The number of methoxy groups -OCH3 is 3. The van der Waals surface area contributed by atoms with Crippen molar-refractivity contribution < 1.29 is 38.8 Å². The fourth-order valence-electron chi connectivity index (χ4n) is 3.96. The number of benzene rings is 2. The van der Waals surface area contributed by atoms with Crippen molar-refractivity contribution in [3.8, 4) is 11.5 Å². The van der Waals surface area contributed by atoms with E-state index in [1.54, 1.807) is 6.07 Å². The largest absolute Gasteiger partial charge is 0.502 e. The highest BCUT2D eigenvalue weighted by atomic mass is 79.9. The van der Waals surface area contributed by atoms with Gasteiger partial charge in [-0.25, -0.2) is 0 Å². The predicted octanol–water partition coefficient (Wildman–Crippen LogP) is 5.47. The van der Waals surface area contributed by atoms with Crippen molar-refractivity contribution >= 4 is 73.8 Å². The molecule has 4 rings (SSSR count). The number of rotatable bonds is 7. The zero-order chi connectivity index (χ0) is 29.5. The van der Waals surface area contributed by atoms with Crippen molar-refractivity contribution in [1.82, 2.24) is 0 Å². The Balaban J connectivity index is 0.000000241. The first kappa shape index (κ1) is 32.5. The molecule has 2 fully saturated rings. The summed E-state index contributed by atoms with van der Waals surface area (Å²) < 4.78 is 14.6. The Kier molecular flexibility index (Phi) is 11.3. The predicted molar refractivity (Wildman–Crippen MR) is 153 cm³/mol. The second kappa shape index (κ2) is 13.6. The van der Waals surface area contributed by atoms with Gasteiger partial charge in [-0.15, -0.1) is 47.3 Å². The monoisotopic (exact) mass is 736 g/mol. The molecule has 0 unspecified atom stereocenters. The summed E-state index contributed by atoms with van der Waals surface area (Å²) in [5, 5.41) is 30.9. The molecule has 2 saturated carbocycles. The molecule has 0 heterocycles. The topological polar surface area (TPSA) is 168 Å². The van der Waals surface area contributed by atoms with Gasteiger partial charge >= 0.3 is 26.5 Å². The molecule has 0 radical (unpaired) electrons. The number of nitro groups is 2. The van der Waals surface area contributed by atoms with E-state index < -0.39 is 38.1 Å². The molecule has 2 aromatic rings. The summed E-state index contributed by atoms with van der Waals surface area (Å²) >= 11 is 9.31. The lowest BCUT2D eigenvalue weighted by Crippen LogP contribution is -2.21. The number of ether oxygens (including phenoxy) is 3. The zero-order valence-corrected chi connectivity index (χ0v) is 25.8. The average Bonchev–Trinajstić information content (AvgIpc) is 3.82. The Bertz CT molecular complexity index is 1250. The van der Waals surface area contributed by atoms with Gasteiger partial charge in [0.05, 0.1) is 42.0 Å². The first-order valence-corrected chi connectivity index (χ1v) is 13.9. The van der Waals surface area contributed by atoms with Crippen LogP contribution in [0.3, 0.4) is 0 Å². The van der Waals surface area contributed by atoms with Gasteiger partial charge in [-0.1, -0.05) is 12.1 Å². The van der Waals surface area contributed by atoms with Crippen molar-refractivity contribution in [2.45, 2.75) is 36.5 Å². The Labute approximate surface area is 248 Å². The molecule has 0 atom stereocenters. The van der Waals surface area contributed by atoms with E-state index in [2.05, 4.69) is 47.3 Å². The summed E-state index contributed by atoms with van der Waals surface area (Å²) in [5.41, 5.74) is -0.850. The standard InChI is InChI=1S/C12H13NO5.C11H11NO5.BBr3/c1-17-10-4-3-8(7-9(10)13(15)16)12(5-6-12)11(14)18-2;1-17-10(14)11(4-5-11)7-2-3-9(13)8(6-7)12(15)16;2-1(3)4/h3-4,7H,5-6H2,1-2H3;2-3,6,13H,4-5H2,1H3;.